The summed E-state index contributed by atoms with van der Waals surface area (Å²) in [5.74, 6) is -3.09. The fourth-order valence-electron chi connectivity index (χ4n) is 2.87. The van der Waals surface area contributed by atoms with Gasteiger partial charge in [0.2, 0.25) is 0 Å². The third-order valence-electron chi connectivity index (χ3n) is 4.41. The standard InChI is InChI=1S/2C7H16N.C4H4O4/c2*1-8(2)6-4-3-5-7-8;5-3(6)1-2-4(7)8/h2*3-7H2,1-2H3;1-2H,(H,5,6)(H,7,8)/q2*+1;/p-2. The highest BCUT2D eigenvalue weighted by Crippen LogP contribution is 2.12. The van der Waals surface area contributed by atoms with Gasteiger partial charge in [-0.1, -0.05) is 0 Å². The van der Waals surface area contributed by atoms with Crippen LogP contribution >= 0.6 is 0 Å². The molecule has 6 heteroatoms. The molecule has 2 saturated heterocycles. The number of likely N-dealkylation sites (tertiary alicyclic amines) is 2. The molecule has 2 fully saturated rings. The molecule has 0 aliphatic carbocycles. The zero-order valence-corrected chi connectivity index (χ0v) is 15.8. The number of rotatable bonds is 2. The Balaban J connectivity index is 0.000000331. The van der Waals surface area contributed by atoms with Crippen LogP contribution in [0.25, 0.3) is 0 Å². The van der Waals surface area contributed by atoms with Crippen LogP contribution in [0.5, 0.6) is 0 Å². The summed E-state index contributed by atoms with van der Waals surface area (Å²) in [5.41, 5.74) is 0. The first-order valence-electron chi connectivity index (χ1n) is 8.78. The summed E-state index contributed by atoms with van der Waals surface area (Å²) >= 11 is 0. The van der Waals surface area contributed by atoms with Gasteiger partial charge in [-0.05, 0) is 50.7 Å². The van der Waals surface area contributed by atoms with Crippen molar-refractivity contribution >= 4 is 11.9 Å². The van der Waals surface area contributed by atoms with Crippen LogP contribution in [0.1, 0.15) is 38.5 Å². The van der Waals surface area contributed by atoms with E-state index in [2.05, 4.69) is 28.2 Å². The van der Waals surface area contributed by atoms with Crippen molar-refractivity contribution in [2.45, 2.75) is 38.5 Å². The number of carboxylic acid groups (broad SMARTS) is 2. The van der Waals surface area contributed by atoms with Crippen LogP contribution in [0, 0.1) is 0 Å². The Morgan fingerprint density at radius 2 is 0.875 bits per heavy atom. The minimum atomic E-state index is -1.55. The van der Waals surface area contributed by atoms with Crippen molar-refractivity contribution in [1.29, 1.82) is 0 Å². The molecule has 2 aliphatic heterocycles. The van der Waals surface area contributed by atoms with Gasteiger partial charge in [-0.2, -0.15) is 0 Å². The van der Waals surface area contributed by atoms with Gasteiger partial charge in [-0.15, -0.1) is 0 Å². The molecule has 140 valence electrons. The van der Waals surface area contributed by atoms with Gasteiger partial charge in [0.15, 0.2) is 0 Å². The fourth-order valence-corrected chi connectivity index (χ4v) is 2.87. The summed E-state index contributed by atoms with van der Waals surface area (Å²) < 4.78 is 2.50. The smallest absolute Gasteiger partial charge is 0.0782 e. The van der Waals surface area contributed by atoms with Crippen LogP contribution in [0.3, 0.4) is 0 Å². The number of carboxylic acids is 2. The second kappa shape index (κ2) is 11.2. The average molecular weight is 342 g/mol. The molecule has 0 saturated carbocycles. The van der Waals surface area contributed by atoms with Gasteiger partial charge >= 0.3 is 0 Å². The van der Waals surface area contributed by atoms with Crippen molar-refractivity contribution < 1.29 is 28.8 Å². The van der Waals surface area contributed by atoms with Crippen LogP contribution in [-0.4, -0.2) is 75.3 Å². The summed E-state index contributed by atoms with van der Waals surface area (Å²) in [4.78, 5) is 18.8. The Bertz CT molecular complexity index is 363. The van der Waals surface area contributed by atoms with Crippen molar-refractivity contribution in [3.8, 4) is 0 Å². The molecule has 0 spiro atoms. The van der Waals surface area contributed by atoms with Crippen LogP contribution in [0.2, 0.25) is 0 Å². The van der Waals surface area contributed by atoms with Crippen molar-refractivity contribution in [2.75, 3.05) is 54.4 Å². The monoisotopic (exact) mass is 342 g/mol. The predicted octanol–water partition coefficient (Wildman–Crippen LogP) is -0.464. The van der Waals surface area contributed by atoms with E-state index in [0.717, 1.165) is 0 Å². The van der Waals surface area contributed by atoms with Gasteiger partial charge < -0.3 is 28.8 Å². The number of carbonyl (C=O) groups is 2. The minimum absolute atomic E-state index is 0.384. The van der Waals surface area contributed by atoms with Crippen LogP contribution in [-0.2, 0) is 9.59 Å². The van der Waals surface area contributed by atoms with Crippen molar-refractivity contribution in [3.05, 3.63) is 12.2 Å². The highest BCUT2D eigenvalue weighted by Gasteiger charge is 2.18. The lowest BCUT2D eigenvalue weighted by Crippen LogP contribution is -2.43. The molecule has 6 nitrogen and oxygen atoms in total. The predicted molar refractivity (Wildman–Crippen MR) is 90.5 cm³/mol. The first-order valence-corrected chi connectivity index (χ1v) is 8.78. The number of quaternary nitrogens is 2. The molecule has 0 bridgehead atoms. The van der Waals surface area contributed by atoms with E-state index in [0.29, 0.717) is 12.2 Å². The maximum atomic E-state index is 9.41. The zero-order valence-electron chi connectivity index (χ0n) is 15.8. The lowest BCUT2D eigenvalue weighted by molar-refractivity contribution is -0.894. The van der Waals surface area contributed by atoms with Gasteiger partial charge in [0, 0.05) is 0 Å². The summed E-state index contributed by atoms with van der Waals surface area (Å²) in [6, 6.07) is 0. The van der Waals surface area contributed by atoms with E-state index in [9.17, 15) is 19.8 Å². The second-order valence-electron chi connectivity index (χ2n) is 7.86. The zero-order chi connectivity index (χ0) is 18.6. The SMILES string of the molecule is C[N+]1(C)CCCCC1.C[N+]1(C)CCCCC1.O=C([O-])C=CC(=O)[O-]. The first-order chi connectivity index (χ1) is 11.0. The lowest BCUT2D eigenvalue weighted by Gasteiger charge is -2.33. The van der Waals surface area contributed by atoms with Crippen molar-refractivity contribution in [1.82, 2.24) is 0 Å². The normalized spacial score (nSPS) is 21.7. The molecular formula is C18H34N2O4. The van der Waals surface area contributed by atoms with E-state index in [1.54, 1.807) is 0 Å². The van der Waals surface area contributed by atoms with Crippen LogP contribution < -0.4 is 10.2 Å². The number of piperidine rings is 2. The molecule has 2 rings (SSSR count). The fraction of sp³-hybridized carbons (Fsp3) is 0.778. The van der Waals surface area contributed by atoms with Gasteiger partial charge in [0.25, 0.3) is 0 Å². The van der Waals surface area contributed by atoms with Gasteiger partial charge in [0.1, 0.15) is 0 Å². The molecular weight excluding hydrogens is 308 g/mol. The van der Waals surface area contributed by atoms with E-state index in [4.69, 9.17) is 0 Å². The summed E-state index contributed by atoms with van der Waals surface area (Å²) in [6.07, 6.45) is 9.44. The van der Waals surface area contributed by atoms with Gasteiger partial charge in [-0.25, -0.2) is 0 Å². The number of nitrogens with zero attached hydrogens (tertiary/aromatic N) is 2. The highest BCUT2D eigenvalue weighted by molar-refractivity contribution is 5.87. The van der Waals surface area contributed by atoms with Gasteiger partial charge in [-0.3, -0.25) is 0 Å². The number of carbonyl (C=O) groups excluding carboxylic acids is 2. The largest absolute Gasteiger partial charge is 0.545 e. The Morgan fingerprint density at radius 1 is 0.625 bits per heavy atom. The van der Waals surface area contributed by atoms with E-state index in [-0.39, 0.29) is 0 Å². The molecule has 24 heavy (non-hydrogen) atoms. The molecule has 0 aromatic carbocycles. The average Bonchev–Trinajstić information content (AvgIpc) is 2.46. The Hall–Kier alpha value is -1.40. The Labute approximate surface area is 146 Å². The molecule has 0 aromatic heterocycles. The highest BCUT2D eigenvalue weighted by atomic mass is 16.4. The molecule has 0 radical (unpaired) electrons. The Morgan fingerprint density at radius 3 is 1.00 bits per heavy atom. The van der Waals surface area contributed by atoms with Crippen molar-refractivity contribution in [3.63, 3.8) is 0 Å². The molecule has 2 aliphatic rings. The third kappa shape index (κ3) is 14.2. The maximum Gasteiger partial charge on any atom is 0.0782 e. The van der Waals surface area contributed by atoms with E-state index < -0.39 is 11.9 Å². The van der Waals surface area contributed by atoms with Crippen LogP contribution in [0.15, 0.2) is 12.2 Å². The molecule has 0 aromatic rings. The summed E-state index contributed by atoms with van der Waals surface area (Å²) in [6.45, 7) is 5.56. The van der Waals surface area contributed by atoms with Gasteiger partial charge in [0.05, 0.1) is 66.3 Å². The topological polar surface area (TPSA) is 80.3 Å². The number of hydrogen-bond acceptors (Lipinski definition) is 4. The summed E-state index contributed by atoms with van der Waals surface area (Å²) in [5, 5.41) is 18.8. The Kier molecular flexibility index (Phi) is 10.6. The first kappa shape index (κ1) is 22.6. The molecule has 0 unspecified atom stereocenters. The van der Waals surface area contributed by atoms with E-state index >= 15 is 0 Å². The number of aliphatic carboxylic acids is 2. The molecule has 2 heterocycles. The van der Waals surface area contributed by atoms with E-state index in [1.807, 2.05) is 0 Å². The lowest BCUT2D eigenvalue weighted by atomic mass is 10.1. The molecule has 0 amide bonds. The maximum absolute atomic E-state index is 9.41. The summed E-state index contributed by atoms with van der Waals surface area (Å²) in [7, 11) is 9.27. The van der Waals surface area contributed by atoms with E-state index in [1.165, 1.54) is 73.7 Å². The van der Waals surface area contributed by atoms with Crippen molar-refractivity contribution in [2.24, 2.45) is 0 Å². The number of hydrogen-bond donors (Lipinski definition) is 0. The van der Waals surface area contributed by atoms with Crippen LogP contribution in [0.4, 0.5) is 0 Å². The second-order valence-corrected chi connectivity index (χ2v) is 7.86. The quantitative estimate of drug-likeness (QED) is 0.502. The minimum Gasteiger partial charge on any atom is -0.545 e. The molecule has 0 atom stereocenters. The molecule has 0 N–H and O–H groups in total. The third-order valence-corrected chi connectivity index (χ3v) is 4.41.